The predicted octanol–water partition coefficient (Wildman–Crippen LogP) is 15.6. The average Bonchev–Trinajstić information content (AvgIpc) is 3.28. The van der Waals surface area contributed by atoms with Crippen LogP contribution in [0.25, 0.3) is 67.7 Å². The molecule has 0 saturated heterocycles. The Bertz CT molecular complexity index is 2410. The summed E-state index contributed by atoms with van der Waals surface area (Å²) < 4.78 is 1.02. The number of hydrogen-bond donors (Lipinski definition) is 0. The highest BCUT2D eigenvalue weighted by Crippen LogP contribution is 2.40. The molecule has 0 amide bonds. The van der Waals surface area contributed by atoms with Crippen LogP contribution in [0.15, 0.2) is 132 Å². The van der Waals surface area contributed by atoms with Crippen molar-refractivity contribution < 1.29 is 0 Å². The zero-order chi connectivity index (χ0) is 41.7. The van der Waals surface area contributed by atoms with Gasteiger partial charge in [0.05, 0.1) is 5.69 Å². The third-order valence-electron chi connectivity index (χ3n) is 13.2. The van der Waals surface area contributed by atoms with Gasteiger partial charge in [-0.3, -0.25) is 4.98 Å². The minimum Gasteiger partial charge on any atom is -0.255 e. The van der Waals surface area contributed by atoms with Gasteiger partial charge in [-0.15, -0.1) is 0 Å². The third-order valence-corrected chi connectivity index (χ3v) is 13.9. The van der Waals surface area contributed by atoms with E-state index in [0.29, 0.717) is 17.5 Å². The van der Waals surface area contributed by atoms with Crippen molar-refractivity contribution in [3.8, 4) is 67.7 Å². The Morgan fingerprint density at radius 1 is 0.424 bits per heavy atom. The highest BCUT2D eigenvalue weighted by Gasteiger charge is 2.27. The lowest BCUT2D eigenvalue weighted by Gasteiger charge is -2.31. The van der Waals surface area contributed by atoms with Gasteiger partial charge in [0.25, 0.3) is 0 Å². The van der Waals surface area contributed by atoms with Crippen LogP contribution in [0, 0.1) is 13.8 Å². The number of aromatic nitrogens is 4. The Kier molecular flexibility index (Phi) is 12.7. The number of hydrogen-bond acceptors (Lipinski definition) is 4. The van der Waals surface area contributed by atoms with E-state index in [9.17, 15) is 0 Å². The second kappa shape index (κ2) is 17.9. The van der Waals surface area contributed by atoms with E-state index in [1.165, 1.54) is 38.9 Å². The zero-order valence-corrected chi connectivity index (χ0v) is 37.6. The first kappa shape index (κ1) is 41.9. The monoisotopic (exact) mass is 840 g/mol. The fraction of sp³-hybridized carbons (Fsp3) is 0.296. The first-order valence-electron chi connectivity index (χ1n) is 21.5. The fourth-order valence-corrected chi connectivity index (χ4v) is 9.72. The quantitative estimate of drug-likeness (QED) is 0.109. The maximum Gasteiger partial charge on any atom is 0.165 e. The zero-order valence-electron chi connectivity index (χ0n) is 36.0. The molecule has 0 fully saturated rings. The summed E-state index contributed by atoms with van der Waals surface area (Å²) in [5, 5.41) is 0. The molecule has 0 aliphatic rings. The van der Waals surface area contributed by atoms with E-state index in [2.05, 4.69) is 193 Å². The van der Waals surface area contributed by atoms with Crippen LogP contribution >= 0.6 is 15.9 Å². The van der Waals surface area contributed by atoms with E-state index in [1.54, 1.807) is 0 Å². The van der Waals surface area contributed by atoms with Crippen LogP contribution < -0.4 is 0 Å². The molecule has 5 heteroatoms. The number of benzene rings is 5. The van der Waals surface area contributed by atoms with E-state index in [4.69, 9.17) is 19.9 Å². The first-order valence-corrected chi connectivity index (χ1v) is 22.3. The number of halogens is 1. The Labute approximate surface area is 360 Å². The van der Waals surface area contributed by atoms with Crippen molar-refractivity contribution in [2.75, 3.05) is 0 Å². The molecule has 0 spiro atoms. The van der Waals surface area contributed by atoms with Crippen LogP contribution in [0.1, 0.15) is 102 Å². The van der Waals surface area contributed by atoms with Crippen molar-refractivity contribution in [3.05, 3.63) is 154 Å². The molecule has 0 unspecified atom stereocenters. The summed E-state index contributed by atoms with van der Waals surface area (Å²) in [6, 6.07) is 43.8. The third kappa shape index (κ3) is 8.45. The standard InChI is InChI=1S/C54H57BrN4/c1-9-53(10-2,11-3)43-25-19-38(20-26-43)50-57-51(39-21-27-44(28-22-39)54(12-4,13-5)14-6)59-52(58-50)41-24-30-49(56-35-41)40-23-29-47(48(55)34-40)46-18-16-15-17-45(46)42-32-36(7)31-37(8)33-42/h15-35H,9-14H2,1-8H3. The van der Waals surface area contributed by atoms with Gasteiger partial charge < -0.3 is 0 Å². The van der Waals surface area contributed by atoms with Gasteiger partial charge in [-0.1, -0.05) is 172 Å². The molecule has 0 radical (unpaired) electrons. The molecule has 0 aliphatic carbocycles. The van der Waals surface area contributed by atoms with Gasteiger partial charge in [0.2, 0.25) is 0 Å². The van der Waals surface area contributed by atoms with Crippen molar-refractivity contribution in [3.63, 3.8) is 0 Å². The van der Waals surface area contributed by atoms with E-state index in [1.807, 2.05) is 6.20 Å². The van der Waals surface area contributed by atoms with Crippen LogP contribution in [0.3, 0.4) is 0 Å². The molecule has 5 aromatic carbocycles. The molecule has 4 nitrogen and oxygen atoms in total. The summed E-state index contributed by atoms with van der Waals surface area (Å²) >= 11 is 3.93. The summed E-state index contributed by atoms with van der Waals surface area (Å²) in [5.41, 5.74) is 15.1. The molecule has 0 saturated carbocycles. The summed E-state index contributed by atoms with van der Waals surface area (Å²) in [4.78, 5) is 20.2. The Balaban J connectivity index is 1.24. The summed E-state index contributed by atoms with van der Waals surface area (Å²) in [5.74, 6) is 1.92. The molecule has 2 aromatic heterocycles. The van der Waals surface area contributed by atoms with Gasteiger partial charge in [-0.05, 0) is 115 Å². The highest BCUT2D eigenvalue weighted by molar-refractivity contribution is 9.10. The van der Waals surface area contributed by atoms with Crippen molar-refractivity contribution >= 4 is 15.9 Å². The molecule has 59 heavy (non-hydrogen) atoms. The van der Waals surface area contributed by atoms with E-state index >= 15 is 0 Å². The summed E-state index contributed by atoms with van der Waals surface area (Å²) in [6.45, 7) is 18.1. The number of aryl methyl sites for hydroxylation is 2. The largest absolute Gasteiger partial charge is 0.255 e. The van der Waals surface area contributed by atoms with Gasteiger partial charge >= 0.3 is 0 Å². The van der Waals surface area contributed by atoms with Gasteiger partial charge in [0.1, 0.15) is 0 Å². The summed E-state index contributed by atoms with van der Waals surface area (Å²) in [6.07, 6.45) is 8.53. The highest BCUT2D eigenvalue weighted by atomic mass is 79.9. The molecule has 300 valence electrons. The lowest BCUT2D eigenvalue weighted by Crippen LogP contribution is -2.23. The van der Waals surface area contributed by atoms with Gasteiger partial charge in [-0.2, -0.15) is 0 Å². The smallest absolute Gasteiger partial charge is 0.165 e. The second-order valence-corrected chi connectivity index (χ2v) is 17.0. The van der Waals surface area contributed by atoms with Gasteiger partial charge in [-0.25, -0.2) is 15.0 Å². The van der Waals surface area contributed by atoms with Crippen LogP contribution in [-0.4, -0.2) is 19.9 Å². The topological polar surface area (TPSA) is 51.6 Å². The maximum atomic E-state index is 5.10. The van der Waals surface area contributed by atoms with Crippen molar-refractivity contribution in [2.24, 2.45) is 0 Å². The Morgan fingerprint density at radius 2 is 0.864 bits per heavy atom. The molecule has 7 aromatic rings. The SMILES string of the molecule is CCC(CC)(CC)c1ccc(-c2nc(-c3ccc(C(CC)(CC)CC)cc3)nc(-c3ccc(-c4ccc(-c5ccccc5-c5cc(C)cc(C)c5)c(Br)c4)nc3)n2)cc1. The van der Waals surface area contributed by atoms with E-state index in [-0.39, 0.29) is 10.8 Å². The first-order chi connectivity index (χ1) is 28.6. The molecule has 2 heterocycles. The minimum atomic E-state index is 0.175. The molecular weight excluding hydrogens is 785 g/mol. The Hall–Kier alpha value is -5.26. The lowest BCUT2D eigenvalue weighted by atomic mass is 9.74. The molecule has 7 rings (SSSR count). The molecule has 0 N–H and O–H groups in total. The van der Waals surface area contributed by atoms with Crippen LogP contribution in [0.2, 0.25) is 0 Å². The maximum absolute atomic E-state index is 5.10. The van der Waals surface area contributed by atoms with Crippen molar-refractivity contribution in [1.82, 2.24) is 19.9 Å². The van der Waals surface area contributed by atoms with Crippen molar-refractivity contribution in [2.45, 2.75) is 105 Å². The van der Waals surface area contributed by atoms with Gasteiger partial charge in [0, 0.05) is 32.9 Å². The number of rotatable bonds is 14. The van der Waals surface area contributed by atoms with E-state index < -0.39 is 0 Å². The second-order valence-electron chi connectivity index (χ2n) is 16.2. The average molecular weight is 842 g/mol. The fourth-order valence-electron chi connectivity index (χ4n) is 9.12. The lowest BCUT2D eigenvalue weighted by molar-refractivity contribution is 0.382. The summed E-state index contributed by atoms with van der Waals surface area (Å²) in [7, 11) is 0. The van der Waals surface area contributed by atoms with Gasteiger partial charge in [0.15, 0.2) is 17.5 Å². The van der Waals surface area contributed by atoms with Crippen LogP contribution in [0.5, 0.6) is 0 Å². The molecule has 0 atom stereocenters. The Morgan fingerprint density at radius 3 is 1.31 bits per heavy atom. The molecule has 0 bridgehead atoms. The molecule has 0 aliphatic heterocycles. The van der Waals surface area contributed by atoms with Crippen LogP contribution in [0.4, 0.5) is 0 Å². The number of pyridine rings is 1. The molecular formula is C54H57BrN4. The predicted molar refractivity (Wildman–Crippen MR) is 253 cm³/mol. The normalized spacial score (nSPS) is 11.9. The van der Waals surface area contributed by atoms with Crippen molar-refractivity contribution in [1.29, 1.82) is 0 Å². The van der Waals surface area contributed by atoms with Crippen LogP contribution in [-0.2, 0) is 10.8 Å². The number of nitrogens with zero attached hydrogens (tertiary/aromatic N) is 4. The van der Waals surface area contributed by atoms with E-state index in [0.717, 1.165) is 76.5 Å². The minimum absolute atomic E-state index is 0.175.